The van der Waals surface area contributed by atoms with Crippen molar-refractivity contribution in [1.29, 1.82) is 0 Å². The molecule has 5 heteroatoms. The molecule has 2 aromatic heterocycles. The van der Waals surface area contributed by atoms with E-state index in [-0.39, 0.29) is 5.91 Å². The van der Waals surface area contributed by atoms with E-state index in [4.69, 9.17) is 9.72 Å². The van der Waals surface area contributed by atoms with Gasteiger partial charge in [-0.3, -0.25) is 9.78 Å². The molecule has 0 fully saturated rings. The number of hydrogen-bond acceptors (Lipinski definition) is 4. The minimum Gasteiger partial charge on any atom is -0.497 e. The van der Waals surface area contributed by atoms with Gasteiger partial charge in [0.25, 0.3) is 5.91 Å². The molecule has 0 saturated heterocycles. The van der Waals surface area contributed by atoms with Crippen molar-refractivity contribution in [3.8, 4) is 5.75 Å². The van der Waals surface area contributed by atoms with Crippen LogP contribution in [0.15, 0.2) is 73.1 Å². The number of pyridine rings is 2. The molecule has 1 N–H and O–H groups in total. The highest BCUT2D eigenvalue weighted by atomic mass is 16.5. The maximum absolute atomic E-state index is 13.3. The largest absolute Gasteiger partial charge is 0.497 e. The number of amides is 1. The predicted octanol–water partition coefficient (Wildman–Crippen LogP) is 5.38. The Bertz CT molecular complexity index is 1300. The number of carbonyl (C=O) groups is 1. The molecule has 0 aliphatic heterocycles. The van der Waals surface area contributed by atoms with Crippen LogP contribution < -0.4 is 10.1 Å². The van der Waals surface area contributed by atoms with Crippen molar-refractivity contribution in [1.82, 2.24) is 9.97 Å². The lowest BCUT2D eigenvalue weighted by molar-refractivity contribution is 0.102. The zero-order valence-electron chi connectivity index (χ0n) is 17.1. The van der Waals surface area contributed by atoms with E-state index in [9.17, 15) is 4.79 Å². The van der Waals surface area contributed by atoms with Gasteiger partial charge in [0.05, 0.1) is 35.8 Å². The van der Waals surface area contributed by atoms with Crippen LogP contribution in [0.3, 0.4) is 0 Å². The number of methoxy groups -OCH3 is 1. The molecule has 0 atom stereocenters. The van der Waals surface area contributed by atoms with E-state index in [0.717, 1.165) is 51.9 Å². The number of nitrogens with zero attached hydrogens (tertiary/aromatic N) is 2. The van der Waals surface area contributed by atoms with Gasteiger partial charge < -0.3 is 10.1 Å². The van der Waals surface area contributed by atoms with Crippen LogP contribution in [0.5, 0.6) is 5.75 Å². The smallest absolute Gasteiger partial charge is 0.256 e. The van der Waals surface area contributed by atoms with E-state index >= 15 is 0 Å². The minimum absolute atomic E-state index is 0.131. The molecule has 1 amide bonds. The molecular weight excluding hydrogens is 386 g/mol. The zero-order chi connectivity index (χ0) is 21.2. The fourth-order valence-corrected chi connectivity index (χ4v) is 4.07. The molecule has 1 aliphatic carbocycles. The van der Waals surface area contributed by atoms with E-state index in [1.165, 1.54) is 0 Å². The lowest BCUT2D eigenvalue weighted by atomic mass is 10.00. The second-order valence-corrected chi connectivity index (χ2v) is 7.47. The van der Waals surface area contributed by atoms with Crippen molar-refractivity contribution in [2.45, 2.75) is 12.8 Å². The number of rotatable bonds is 4. The van der Waals surface area contributed by atoms with Gasteiger partial charge in [-0.15, -0.1) is 0 Å². The van der Waals surface area contributed by atoms with E-state index in [1.54, 1.807) is 25.6 Å². The van der Waals surface area contributed by atoms with Crippen molar-refractivity contribution in [2.24, 2.45) is 0 Å². The Kier molecular flexibility index (Phi) is 4.92. The number of carbonyl (C=O) groups excluding carboxylic acids is 1. The third kappa shape index (κ3) is 3.66. The van der Waals surface area contributed by atoms with Crippen LogP contribution in [0, 0.1) is 0 Å². The van der Waals surface area contributed by atoms with Gasteiger partial charge in [-0.1, -0.05) is 30.3 Å². The van der Waals surface area contributed by atoms with Gasteiger partial charge >= 0.3 is 0 Å². The predicted molar refractivity (Wildman–Crippen MR) is 123 cm³/mol. The monoisotopic (exact) mass is 407 g/mol. The molecule has 0 saturated carbocycles. The molecule has 2 heterocycles. The summed E-state index contributed by atoms with van der Waals surface area (Å²) in [7, 11) is 1.66. The van der Waals surface area contributed by atoms with E-state index in [0.29, 0.717) is 11.3 Å². The maximum Gasteiger partial charge on any atom is 0.256 e. The average molecular weight is 407 g/mol. The van der Waals surface area contributed by atoms with Crippen LogP contribution in [0.1, 0.15) is 33.6 Å². The first-order valence-corrected chi connectivity index (χ1v) is 10.2. The summed E-state index contributed by atoms with van der Waals surface area (Å²) < 4.78 is 5.25. The third-order valence-electron chi connectivity index (χ3n) is 5.54. The quantitative estimate of drug-likeness (QED) is 0.493. The van der Waals surface area contributed by atoms with Crippen LogP contribution >= 0.6 is 0 Å². The highest BCUT2D eigenvalue weighted by molar-refractivity contribution is 6.14. The summed E-state index contributed by atoms with van der Waals surface area (Å²) in [6, 6.07) is 19.4. The molecule has 1 aliphatic rings. The third-order valence-corrected chi connectivity index (χ3v) is 5.54. The topological polar surface area (TPSA) is 64.1 Å². The summed E-state index contributed by atoms with van der Waals surface area (Å²) in [6.07, 6.45) is 7.11. The van der Waals surface area contributed by atoms with E-state index < -0.39 is 0 Å². The van der Waals surface area contributed by atoms with Crippen LogP contribution in [0.2, 0.25) is 0 Å². The molecule has 0 unspecified atom stereocenters. The lowest BCUT2D eigenvalue weighted by Gasteiger charge is -2.13. The molecule has 2 aromatic carbocycles. The number of fused-ring (bicyclic) bond motifs is 2. The van der Waals surface area contributed by atoms with E-state index in [2.05, 4.69) is 16.4 Å². The Morgan fingerprint density at radius 1 is 1.03 bits per heavy atom. The molecule has 5 rings (SSSR count). The Balaban J connectivity index is 1.60. The highest BCUT2D eigenvalue weighted by Crippen LogP contribution is 2.37. The molecule has 5 nitrogen and oxygen atoms in total. The number of nitrogens with one attached hydrogen (secondary N) is 1. The average Bonchev–Trinajstić information content (AvgIpc) is 3.20. The van der Waals surface area contributed by atoms with Crippen molar-refractivity contribution in [3.63, 3.8) is 0 Å². The van der Waals surface area contributed by atoms with Crippen LogP contribution in [-0.4, -0.2) is 23.0 Å². The minimum atomic E-state index is -0.131. The maximum atomic E-state index is 13.3. The van der Waals surface area contributed by atoms with Gasteiger partial charge in [0.2, 0.25) is 0 Å². The SMILES string of the molecule is COc1ccc(/C=C2\CCc3c2nc2ccccc2c3C(=O)Nc2cccnc2)cc1. The van der Waals surface area contributed by atoms with Gasteiger partial charge in [-0.05, 0) is 65.9 Å². The summed E-state index contributed by atoms with van der Waals surface area (Å²) in [5.74, 6) is 0.695. The normalized spacial score (nSPS) is 13.9. The molecule has 31 heavy (non-hydrogen) atoms. The fourth-order valence-electron chi connectivity index (χ4n) is 4.07. The molecule has 0 bridgehead atoms. The first-order chi connectivity index (χ1) is 15.2. The van der Waals surface area contributed by atoms with Crippen molar-refractivity contribution in [2.75, 3.05) is 12.4 Å². The number of aromatic nitrogens is 2. The van der Waals surface area contributed by atoms with Crippen LogP contribution in [0.4, 0.5) is 5.69 Å². The first-order valence-electron chi connectivity index (χ1n) is 10.2. The number of para-hydroxylation sites is 1. The summed E-state index contributed by atoms with van der Waals surface area (Å²) in [5, 5.41) is 3.86. The van der Waals surface area contributed by atoms with Crippen LogP contribution in [-0.2, 0) is 6.42 Å². The Morgan fingerprint density at radius 3 is 2.65 bits per heavy atom. The highest BCUT2D eigenvalue weighted by Gasteiger charge is 2.26. The molecule has 152 valence electrons. The standard InChI is InChI=1S/C26H21N3O2/c1-31-20-11-8-17(9-12-20)15-18-10-13-22-24(26(30)28-19-5-4-14-27-16-19)21-6-2-3-7-23(21)29-25(18)22/h2-9,11-12,14-16H,10,13H2,1H3,(H,28,30)/b18-15+. The second-order valence-electron chi connectivity index (χ2n) is 7.47. The number of anilines is 1. The van der Waals surface area contributed by atoms with Crippen molar-refractivity contribution >= 4 is 34.1 Å². The number of ether oxygens (including phenoxy) is 1. The van der Waals surface area contributed by atoms with Gasteiger partial charge in [0.1, 0.15) is 5.75 Å². The van der Waals surface area contributed by atoms with Gasteiger partial charge in [0.15, 0.2) is 0 Å². The van der Waals surface area contributed by atoms with Gasteiger partial charge in [-0.2, -0.15) is 0 Å². The summed E-state index contributed by atoms with van der Waals surface area (Å²) in [5.41, 5.74) is 6.32. The fraction of sp³-hybridized carbons (Fsp3) is 0.115. The number of benzene rings is 2. The Hall–Kier alpha value is -3.99. The number of hydrogen-bond donors (Lipinski definition) is 1. The summed E-state index contributed by atoms with van der Waals surface area (Å²) >= 11 is 0. The summed E-state index contributed by atoms with van der Waals surface area (Å²) in [6.45, 7) is 0. The van der Waals surface area contributed by atoms with E-state index in [1.807, 2.05) is 54.6 Å². The van der Waals surface area contributed by atoms with Gasteiger partial charge in [-0.25, -0.2) is 4.98 Å². The van der Waals surface area contributed by atoms with Crippen LogP contribution in [0.25, 0.3) is 22.6 Å². The molecule has 0 spiro atoms. The molecule has 4 aromatic rings. The molecular formula is C26H21N3O2. The molecule has 0 radical (unpaired) electrons. The Morgan fingerprint density at radius 2 is 1.87 bits per heavy atom. The second kappa shape index (κ2) is 8.03. The lowest BCUT2D eigenvalue weighted by Crippen LogP contribution is -2.15. The van der Waals surface area contributed by atoms with Gasteiger partial charge in [0, 0.05) is 11.6 Å². The first kappa shape index (κ1) is 19.0. The zero-order valence-corrected chi connectivity index (χ0v) is 17.1. The van der Waals surface area contributed by atoms with Crippen molar-refractivity contribution in [3.05, 3.63) is 95.4 Å². The summed E-state index contributed by atoms with van der Waals surface area (Å²) in [4.78, 5) is 22.3. The van der Waals surface area contributed by atoms with Crippen molar-refractivity contribution < 1.29 is 9.53 Å². The Labute approximate surface area is 180 Å². The number of allylic oxidation sites excluding steroid dienone is 1.